The van der Waals surface area contributed by atoms with Crippen LogP contribution in [0.2, 0.25) is 0 Å². The number of terminal acetylenes is 1. The van der Waals surface area contributed by atoms with E-state index in [2.05, 4.69) is 16.6 Å². The zero-order valence-electron chi connectivity index (χ0n) is 23.9. The lowest BCUT2D eigenvalue weighted by Crippen LogP contribution is -2.58. The Hall–Kier alpha value is -3.42. The van der Waals surface area contributed by atoms with Crippen molar-refractivity contribution in [2.24, 2.45) is 5.41 Å². The number of carboxylic acids is 1. The van der Waals surface area contributed by atoms with Crippen LogP contribution in [0.3, 0.4) is 0 Å². The number of aliphatic hydroxyl groups excluding tert-OH is 1. The maximum Gasteiger partial charge on any atom is 0.303 e. The third-order valence-electron chi connectivity index (χ3n) is 6.96. The lowest BCUT2D eigenvalue weighted by Gasteiger charge is -2.35. The van der Waals surface area contributed by atoms with Crippen molar-refractivity contribution in [3.05, 3.63) is 35.4 Å². The summed E-state index contributed by atoms with van der Waals surface area (Å²) in [6.45, 7) is 5.67. The van der Waals surface area contributed by atoms with Gasteiger partial charge in [-0.1, -0.05) is 51.7 Å². The van der Waals surface area contributed by atoms with Gasteiger partial charge in [-0.05, 0) is 36.0 Å². The van der Waals surface area contributed by atoms with E-state index >= 15 is 0 Å². The van der Waals surface area contributed by atoms with E-state index in [1.54, 1.807) is 12.1 Å². The molecular formula is C30H43N3O7. The number of nitrogens with one attached hydrogen (secondary N) is 2. The first kappa shape index (κ1) is 32.8. The number of ether oxygens (including phenoxy) is 1. The van der Waals surface area contributed by atoms with Crippen LogP contribution in [0.4, 0.5) is 0 Å². The molecule has 0 aliphatic carbocycles. The number of nitrogens with zero attached hydrogens (tertiary/aromatic N) is 1. The van der Waals surface area contributed by atoms with Gasteiger partial charge in [-0.15, -0.1) is 6.42 Å². The number of aliphatic carboxylic acids is 1. The fraction of sp³-hybridized carbons (Fsp3) is 0.600. The number of rotatable bonds is 14. The van der Waals surface area contributed by atoms with Crippen LogP contribution in [0, 0.1) is 17.8 Å². The topological polar surface area (TPSA) is 145 Å². The van der Waals surface area contributed by atoms with Crippen LogP contribution in [0.5, 0.6) is 0 Å². The smallest absolute Gasteiger partial charge is 0.303 e. The van der Waals surface area contributed by atoms with E-state index in [1.165, 1.54) is 12.0 Å². The van der Waals surface area contributed by atoms with E-state index < -0.39 is 47.4 Å². The fourth-order valence-electron chi connectivity index (χ4n) is 4.74. The number of unbranched alkanes of at least 4 members (excludes halogenated alkanes) is 3. The number of carbonyl (C=O) groups is 4. The van der Waals surface area contributed by atoms with Crippen LogP contribution < -0.4 is 10.6 Å². The van der Waals surface area contributed by atoms with Gasteiger partial charge >= 0.3 is 5.97 Å². The van der Waals surface area contributed by atoms with Gasteiger partial charge in [0.05, 0.1) is 18.8 Å². The van der Waals surface area contributed by atoms with Crippen molar-refractivity contribution < 1.29 is 34.1 Å². The maximum atomic E-state index is 13.7. The number of hydrogen-bond acceptors (Lipinski definition) is 6. The minimum absolute atomic E-state index is 0.0191. The highest BCUT2D eigenvalue weighted by Gasteiger charge is 2.44. The number of aliphatic hydroxyl groups is 1. The Balaban J connectivity index is 2.09. The van der Waals surface area contributed by atoms with Crippen LogP contribution in [0.1, 0.15) is 82.9 Å². The normalized spacial score (nSPS) is 18.4. The number of hydrogen-bond donors (Lipinski definition) is 4. The molecule has 1 aromatic carbocycles. The largest absolute Gasteiger partial charge is 0.481 e. The second-order valence-electron chi connectivity index (χ2n) is 11.4. The first-order valence-corrected chi connectivity index (χ1v) is 13.7. The summed E-state index contributed by atoms with van der Waals surface area (Å²) >= 11 is 0. The van der Waals surface area contributed by atoms with Crippen molar-refractivity contribution in [2.45, 2.75) is 89.9 Å². The van der Waals surface area contributed by atoms with Gasteiger partial charge in [0.15, 0.2) is 0 Å². The van der Waals surface area contributed by atoms with Crippen molar-refractivity contribution >= 4 is 23.7 Å². The number of β-amino-alcohol motifs (C(OH)–C–C–N with tert-alkyl or cyclic N) is 1. The number of likely N-dealkylation sites (tertiary alicyclic amines) is 1. The van der Waals surface area contributed by atoms with Gasteiger partial charge in [0.1, 0.15) is 12.1 Å². The first-order chi connectivity index (χ1) is 18.9. The summed E-state index contributed by atoms with van der Waals surface area (Å²) < 4.78 is 5.31. The second kappa shape index (κ2) is 15.4. The average Bonchev–Trinajstić information content (AvgIpc) is 3.29. The molecule has 0 bridgehead atoms. The number of amides is 3. The van der Waals surface area contributed by atoms with E-state index in [0.29, 0.717) is 31.2 Å². The molecule has 2 rings (SSSR count). The van der Waals surface area contributed by atoms with Crippen molar-refractivity contribution in [3.63, 3.8) is 0 Å². The van der Waals surface area contributed by atoms with Crippen molar-refractivity contribution in [2.75, 3.05) is 20.3 Å². The van der Waals surface area contributed by atoms with Gasteiger partial charge in [-0.3, -0.25) is 19.2 Å². The van der Waals surface area contributed by atoms with Gasteiger partial charge in [0, 0.05) is 38.5 Å². The molecular weight excluding hydrogens is 514 g/mol. The summed E-state index contributed by atoms with van der Waals surface area (Å²) in [5, 5.41) is 24.9. The van der Waals surface area contributed by atoms with Gasteiger partial charge in [-0.2, -0.15) is 0 Å². The zero-order chi connectivity index (χ0) is 29.9. The van der Waals surface area contributed by atoms with Crippen molar-refractivity contribution in [1.29, 1.82) is 0 Å². The summed E-state index contributed by atoms with van der Waals surface area (Å²) in [4.78, 5) is 51.9. The molecule has 10 nitrogen and oxygen atoms in total. The molecule has 0 aromatic heterocycles. The molecule has 0 saturated carbocycles. The SMILES string of the molecule is C#Cc1ccc([C@H](COC)NC(=O)[C@@H]2C[C@@H](O)CN2C(=O)[C@@H](NC(=O)CCCCCCC(=O)O)C(C)(C)C)cc1. The standard InChI is InChI=1S/C30H43N3O7/c1-6-20-13-15-21(16-14-20)23(19-40-5)31-28(38)24-17-22(34)18-33(24)29(39)27(30(2,3)4)32-25(35)11-9-7-8-10-12-26(36)37/h1,13-16,22-24,27,34H,7-12,17-19H2,2-5H3,(H,31,38)(H,32,35)(H,36,37)/t22-,23+,24+,27-/m1/s1. The minimum atomic E-state index is -0.914. The van der Waals surface area contributed by atoms with E-state index in [1.807, 2.05) is 32.9 Å². The molecule has 0 radical (unpaired) electrons. The summed E-state index contributed by atoms with van der Waals surface area (Å²) in [5.74, 6) is 0.574. The van der Waals surface area contributed by atoms with E-state index in [4.69, 9.17) is 16.3 Å². The van der Waals surface area contributed by atoms with Crippen LogP contribution in [-0.4, -0.2) is 77.3 Å². The molecule has 4 N–H and O–H groups in total. The molecule has 1 aliphatic heterocycles. The number of benzene rings is 1. The highest BCUT2D eigenvalue weighted by Crippen LogP contribution is 2.27. The lowest BCUT2D eigenvalue weighted by molar-refractivity contribution is -0.144. The summed E-state index contributed by atoms with van der Waals surface area (Å²) in [6, 6.07) is 4.85. The predicted octanol–water partition coefficient (Wildman–Crippen LogP) is 2.39. The molecule has 40 heavy (non-hydrogen) atoms. The Labute approximate surface area is 236 Å². The van der Waals surface area contributed by atoms with Gasteiger partial charge in [-0.25, -0.2) is 0 Å². The Morgan fingerprint density at radius 2 is 1.70 bits per heavy atom. The summed E-state index contributed by atoms with van der Waals surface area (Å²) in [5.41, 5.74) is 0.837. The highest BCUT2D eigenvalue weighted by atomic mass is 16.5. The number of carboxylic acid groups (broad SMARTS) is 1. The Kier molecular flexibility index (Phi) is 12.6. The minimum Gasteiger partial charge on any atom is -0.481 e. The van der Waals surface area contributed by atoms with Gasteiger partial charge < -0.3 is 30.5 Å². The van der Waals surface area contributed by atoms with Crippen molar-refractivity contribution in [3.8, 4) is 12.3 Å². The fourth-order valence-corrected chi connectivity index (χ4v) is 4.74. The molecule has 4 atom stereocenters. The van der Waals surface area contributed by atoms with E-state index in [-0.39, 0.29) is 38.3 Å². The average molecular weight is 558 g/mol. The Morgan fingerprint density at radius 3 is 2.25 bits per heavy atom. The van der Waals surface area contributed by atoms with E-state index in [0.717, 1.165) is 5.56 Å². The third kappa shape index (κ3) is 9.96. The van der Waals surface area contributed by atoms with Gasteiger partial charge in [0.25, 0.3) is 0 Å². The van der Waals surface area contributed by atoms with Crippen LogP contribution in [0.25, 0.3) is 0 Å². The summed E-state index contributed by atoms with van der Waals surface area (Å²) in [7, 11) is 1.52. The Morgan fingerprint density at radius 1 is 1.07 bits per heavy atom. The zero-order valence-corrected chi connectivity index (χ0v) is 23.9. The predicted molar refractivity (Wildman–Crippen MR) is 150 cm³/mol. The molecule has 1 aliphatic rings. The van der Waals surface area contributed by atoms with Crippen molar-refractivity contribution in [1.82, 2.24) is 15.5 Å². The number of carbonyl (C=O) groups excluding carboxylic acids is 3. The molecule has 1 aromatic rings. The maximum absolute atomic E-state index is 13.7. The number of methoxy groups -OCH3 is 1. The molecule has 1 fully saturated rings. The molecule has 1 saturated heterocycles. The quantitative estimate of drug-likeness (QED) is 0.203. The first-order valence-electron chi connectivity index (χ1n) is 13.7. The van der Waals surface area contributed by atoms with E-state index in [9.17, 15) is 24.3 Å². The highest BCUT2D eigenvalue weighted by molar-refractivity contribution is 5.93. The monoisotopic (exact) mass is 557 g/mol. The van der Waals surface area contributed by atoms with Crippen LogP contribution >= 0.6 is 0 Å². The molecule has 1 heterocycles. The molecule has 10 heteroatoms. The Bertz CT molecular complexity index is 1060. The molecule has 0 spiro atoms. The van der Waals surface area contributed by atoms with Gasteiger partial charge in [0.2, 0.25) is 17.7 Å². The lowest BCUT2D eigenvalue weighted by atomic mass is 9.85. The van der Waals surface area contributed by atoms with Crippen LogP contribution in [-0.2, 0) is 23.9 Å². The second-order valence-corrected chi connectivity index (χ2v) is 11.4. The molecule has 220 valence electrons. The summed E-state index contributed by atoms with van der Waals surface area (Å²) in [6.07, 6.45) is 7.51. The molecule has 0 unspecified atom stereocenters. The van der Waals surface area contributed by atoms with Crippen LogP contribution in [0.15, 0.2) is 24.3 Å². The third-order valence-corrected chi connectivity index (χ3v) is 6.96. The molecule has 3 amide bonds.